The Hall–Kier alpha value is -0.880. The van der Waals surface area contributed by atoms with E-state index in [1.165, 1.54) is 11.8 Å². The summed E-state index contributed by atoms with van der Waals surface area (Å²) in [6, 6.07) is 0. The second-order valence-electron chi connectivity index (χ2n) is 1.86. The van der Waals surface area contributed by atoms with E-state index in [1.807, 2.05) is 6.26 Å². The zero-order chi connectivity index (χ0) is 8.27. The van der Waals surface area contributed by atoms with Crippen molar-refractivity contribution in [1.29, 1.82) is 0 Å². The largest absolute Gasteiger partial charge is 0.395 e. The molecule has 60 valence electrons. The number of nitrogens with zero attached hydrogens (tertiary/aromatic N) is 3. The van der Waals surface area contributed by atoms with Crippen LogP contribution in [0.4, 0.5) is 5.69 Å². The van der Waals surface area contributed by atoms with Gasteiger partial charge in [0.15, 0.2) is 0 Å². The first-order chi connectivity index (χ1) is 5.29. The van der Waals surface area contributed by atoms with Crippen molar-refractivity contribution in [3.8, 4) is 0 Å². The molecule has 1 heterocycles. The summed E-state index contributed by atoms with van der Waals surface area (Å²) in [5, 5.41) is 11.6. The average molecular weight is 171 g/mol. The van der Waals surface area contributed by atoms with Crippen molar-refractivity contribution in [3.63, 3.8) is 0 Å². The highest BCUT2D eigenvalue weighted by Gasteiger charge is 2.05. The summed E-state index contributed by atoms with van der Waals surface area (Å²) in [6.07, 6.45) is 1.88. The van der Waals surface area contributed by atoms with Crippen LogP contribution in [0.1, 0.15) is 5.69 Å². The number of hydrogen-bond donors (Lipinski definition) is 2. The van der Waals surface area contributed by atoms with Crippen LogP contribution in [-0.4, -0.2) is 21.7 Å². The van der Waals surface area contributed by atoms with Gasteiger partial charge >= 0.3 is 0 Å². The lowest BCUT2D eigenvalue weighted by Gasteiger charge is -2.01. The van der Waals surface area contributed by atoms with E-state index in [4.69, 9.17) is 11.5 Å². The van der Waals surface area contributed by atoms with Gasteiger partial charge in [-0.3, -0.25) is 0 Å². The Morgan fingerprint density at radius 3 is 2.73 bits per heavy atom. The molecule has 0 amide bonds. The van der Waals surface area contributed by atoms with Crippen molar-refractivity contribution in [1.82, 2.24) is 15.4 Å². The molecule has 0 aliphatic carbocycles. The molecule has 0 aliphatic rings. The third-order valence-electron chi connectivity index (χ3n) is 1.23. The van der Waals surface area contributed by atoms with Crippen molar-refractivity contribution in [3.05, 3.63) is 5.69 Å². The summed E-state index contributed by atoms with van der Waals surface area (Å²) in [7, 11) is 0. The number of anilines is 1. The Kier molecular flexibility index (Phi) is 2.61. The summed E-state index contributed by atoms with van der Waals surface area (Å²) in [4.78, 5) is 0. The molecular weight excluding hydrogens is 162 g/mol. The van der Waals surface area contributed by atoms with Crippen LogP contribution in [0.15, 0.2) is 5.03 Å². The second kappa shape index (κ2) is 3.49. The van der Waals surface area contributed by atoms with Crippen LogP contribution >= 0.6 is 11.8 Å². The van der Waals surface area contributed by atoms with Gasteiger partial charge in [-0.25, -0.2) is 0 Å². The van der Waals surface area contributed by atoms with Crippen LogP contribution in [0.3, 0.4) is 0 Å². The summed E-state index contributed by atoms with van der Waals surface area (Å²) < 4.78 is 0. The van der Waals surface area contributed by atoms with Gasteiger partial charge in [0.05, 0.1) is 5.69 Å². The fraction of sp³-hybridized carbons (Fsp3) is 0.400. The maximum Gasteiger partial charge on any atom is 0.145 e. The van der Waals surface area contributed by atoms with E-state index in [9.17, 15) is 0 Å². The number of nitrogen functional groups attached to an aromatic ring is 1. The second-order valence-corrected chi connectivity index (χ2v) is 2.66. The molecule has 6 heteroatoms. The fourth-order valence-electron chi connectivity index (χ4n) is 0.650. The van der Waals surface area contributed by atoms with E-state index < -0.39 is 0 Å². The zero-order valence-corrected chi connectivity index (χ0v) is 6.93. The smallest absolute Gasteiger partial charge is 0.145 e. The first kappa shape index (κ1) is 8.22. The summed E-state index contributed by atoms with van der Waals surface area (Å²) in [5.41, 5.74) is 12.1. The van der Waals surface area contributed by atoms with Crippen LogP contribution in [0, 0.1) is 0 Å². The number of rotatable bonds is 2. The van der Waals surface area contributed by atoms with Crippen LogP contribution in [0.2, 0.25) is 0 Å². The van der Waals surface area contributed by atoms with Gasteiger partial charge in [0, 0.05) is 6.54 Å². The molecule has 0 fully saturated rings. The van der Waals surface area contributed by atoms with Gasteiger partial charge in [-0.05, 0) is 11.5 Å². The third kappa shape index (κ3) is 1.58. The Morgan fingerprint density at radius 1 is 1.45 bits per heavy atom. The molecule has 0 atom stereocenters. The number of aromatic nitrogens is 3. The van der Waals surface area contributed by atoms with Crippen LogP contribution in [0.25, 0.3) is 0 Å². The molecule has 11 heavy (non-hydrogen) atoms. The number of nitrogens with two attached hydrogens (primary N) is 2. The van der Waals surface area contributed by atoms with Gasteiger partial charge in [-0.15, -0.1) is 22.0 Å². The highest BCUT2D eigenvalue weighted by molar-refractivity contribution is 7.98. The molecule has 0 bridgehead atoms. The van der Waals surface area contributed by atoms with E-state index in [0.717, 1.165) is 0 Å². The van der Waals surface area contributed by atoms with Gasteiger partial charge in [-0.1, -0.05) is 0 Å². The average Bonchev–Trinajstić information content (AvgIpc) is 2.05. The van der Waals surface area contributed by atoms with Gasteiger partial charge in [0.1, 0.15) is 10.7 Å². The standard InChI is InChI=1S/C5H9N5S/c1-11-5-4(7)3(2-6)8-10-9-5/h2,6H2,1H3,(H2,7,10). The number of hydrogen-bond acceptors (Lipinski definition) is 6. The van der Waals surface area contributed by atoms with Gasteiger partial charge in [-0.2, -0.15) is 0 Å². The molecular formula is C5H9N5S. The topological polar surface area (TPSA) is 90.7 Å². The minimum atomic E-state index is 0.301. The minimum absolute atomic E-state index is 0.301. The normalized spacial score (nSPS) is 10.0. The summed E-state index contributed by atoms with van der Waals surface area (Å²) >= 11 is 1.43. The van der Waals surface area contributed by atoms with Crippen molar-refractivity contribution >= 4 is 17.4 Å². The summed E-state index contributed by atoms with van der Waals surface area (Å²) in [5.74, 6) is 0. The molecule has 0 radical (unpaired) electrons. The van der Waals surface area contributed by atoms with Crippen molar-refractivity contribution in [2.45, 2.75) is 11.6 Å². The monoisotopic (exact) mass is 171 g/mol. The molecule has 1 rings (SSSR count). The quantitative estimate of drug-likeness (QED) is 0.590. The molecule has 0 aromatic carbocycles. The van der Waals surface area contributed by atoms with Crippen molar-refractivity contribution in [2.24, 2.45) is 5.73 Å². The molecule has 0 saturated carbocycles. The predicted octanol–water partition coefficient (Wildman–Crippen LogP) is -0.366. The van der Waals surface area contributed by atoms with E-state index >= 15 is 0 Å². The lowest BCUT2D eigenvalue weighted by atomic mass is 10.4. The SMILES string of the molecule is CSc1nnnc(CN)c1N. The van der Waals surface area contributed by atoms with Gasteiger partial charge < -0.3 is 11.5 Å². The summed E-state index contributed by atoms with van der Waals surface area (Å²) in [6.45, 7) is 0.301. The predicted molar refractivity (Wildman–Crippen MR) is 43.9 cm³/mol. The highest BCUT2D eigenvalue weighted by Crippen LogP contribution is 2.19. The van der Waals surface area contributed by atoms with Crippen LogP contribution in [-0.2, 0) is 6.54 Å². The number of thioether (sulfide) groups is 1. The molecule has 0 spiro atoms. The molecule has 1 aromatic rings. The first-order valence-corrected chi connectivity index (χ1v) is 4.23. The lowest BCUT2D eigenvalue weighted by molar-refractivity contribution is 0.764. The molecule has 1 aromatic heterocycles. The van der Waals surface area contributed by atoms with E-state index in [1.54, 1.807) is 0 Å². The van der Waals surface area contributed by atoms with E-state index in [2.05, 4.69) is 15.4 Å². The Bertz CT molecular complexity index is 228. The Labute approximate surface area is 68.6 Å². The maximum absolute atomic E-state index is 5.64. The molecule has 0 aliphatic heterocycles. The third-order valence-corrected chi connectivity index (χ3v) is 1.92. The highest BCUT2D eigenvalue weighted by atomic mass is 32.2. The van der Waals surface area contributed by atoms with Crippen LogP contribution in [0.5, 0.6) is 0 Å². The van der Waals surface area contributed by atoms with Crippen LogP contribution < -0.4 is 11.5 Å². The first-order valence-electron chi connectivity index (χ1n) is 3.01. The fourth-order valence-corrected chi connectivity index (χ4v) is 1.11. The zero-order valence-electron chi connectivity index (χ0n) is 6.11. The Balaban J connectivity index is 3.10. The molecule has 5 nitrogen and oxygen atoms in total. The van der Waals surface area contributed by atoms with Gasteiger partial charge in [0.25, 0.3) is 0 Å². The Morgan fingerprint density at radius 2 is 2.18 bits per heavy atom. The molecule has 4 N–H and O–H groups in total. The van der Waals surface area contributed by atoms with E-state index in [-0.39, 0.29) is 0 Å². The molecule has 0 unspecified atom stereocenters. The molecule has 0 saturated heterocycles. The van der Waals surface area contributed by atoms with Crippen molar-refractivity contribution in [2.75, 3.05) is 12.0 Å². The minimum Gasteiger partial charge on any atom is -0.395 e. The van der Waals surface area contributed by atoms with E-state index in [0.29, 0.717) is 23.0 Å². The lowest BCUT2D eigenvalue weighted by Crippen LogP contribution is -2.08. The van der Waals surface area contributed by atoms with Crippen molar-refractivity contribution < 1.29 is 0 Å². The van der Waals surface area contributed by atoms with Gasteiger partial charge in [0.2, 0.25) is 0 Å². The maximum atomic E-state index is 5.64.